The standard InChI is InChI=1S/C13H19NO2/c1-3-4-5-6-10-7-8-11(9-12(10)14)13(15)16-2/h7-9H,3-6,14H2,1-2H3. The van der Waals surface area contributed by atoms with Crippen molar-refractivity contribution in [2.45, 2.75) is 32.6 Å². The Morgan fingerprint density at radius 3 is 2.69 bits per heavy atom. The molecule has 1 aromatic rings. The van der Waals surface area contributed by atoms with Gasteiger partial charge in [-0.15, -0.1) is 0 Å². The molecule has 0 atom stereocenters. The first kappa shape index (κ1) is 12.6. The minimum absolute atomic E-state index is 0.341. The largest absolute Gasteiger partial charge is 0.465 e. The third-order valence-electron chi connectivity index (χ3n) is 2.62. The lowest BCUT2D eigenvalue weighted by atomic mass is 10.0. The van der Waals surface area contributed by atoms with Crippen LogP contribution in [0.3, 0.4) is 0 Å². The fourth-order valence-electron chi connectivity index (χ4n) is 1.63. The van der Waals surface area contributed by atoms with E-state index in [1.165, 1.54) is 20.0 Å². The number of esters is 1. The summed E-state index contributed by atoms with van der Waals surface area (Å²) in [4.78, 5) is 11.3. The van der Waals surface area contributed by atoms with Gasteiger partial charge in [0.2, 0.25) is 0 Å². The number of nitrogen functional groups attached to an aromatic ring is 1. The lowest BCUT2D eigenvalue weighted by Gasteiger charge is -2.07. The van der Waals surface area contributed by atoms with Crippen molar-refractivity contribution in [3.8, 4) is 0 Å². The Hall–Kier alpha value is -1.51. The zero-order valence-corrected chi connectivity index (χ0v) is 9.95. The Balaban J connectivity index is 2.71. The molecule has 16 heavy (non-hydrogen) atoms. The highest BCUT2D eigenvalue weighted by molar-refractivity contribution is 5.90. The van der Waals surface area contributed by atoms with Crippen LogP contribution in [-0.2, 0) is 11.2 Å². The van der Waals surface area contributed by atoms with Crippen molar-refractivity contribution >= 4 is 11.7 Å². The second-order valence-electron chi connectivity index (χ2n) is 3.86. The van der Waals surface area contributed by atoms with Crippen molar-refractivity contribution in [2.24, 2.45) is 0 Å². The molecule has 1 aromatic carbocycles. The highest BCUT2D eigenvalue weighted by atomic mass is 16.5. The molecule has 0 bridgehead atoms. The summed E-state index contributed by atoms with van der Waals surface area (Å²) in [6.07, 6.45) is 4.51. The molecule has 0 heterocycles. The number of aryl methyl sites for hydroxylation is 1. The van der Waals surface area contributed by atoms with Crippen molar-refractivity contribution in [3.05, 3.63) is 29.3 Å². The maximum atomic E-state index is 11.3. The summed E-state index contributed by atoms with van der Waals surface area (Å²) < 4.78 is 4.64. The van der Waals surface area contributed by atoms with Gasteiger partial charge in [-0.05, 0) is 30.5 Å². The quantitative estimate of drug-likeness (QED) is 0.472. The van der Waals surface area contributed by atoms with E-state index in [0.717, 1.165) is 18.4 Å². The number of benzene rings is 1. The van der Waals surface area contributed by atoms with E-state index in [2.05, 4.69) is 11.7 Å². The monoisotopic (exact) mass is 221 g/mol. The summed E-state index contributed by atoms with van der Waals surface area (Å²) in [7, 11) is 1.37. The molecule has 0 unspecified atom stereocenters. The van der Waals surface area contributed by atoms with Gasteiger partial charge in [0, 0.05) is 5.69 Å². The van der Waals surface area contributed by atoms with Gasteiger partial charge in [-0.25, -0.2) is 4.79 Å². The molecule has 0 saturated carbocycles. The topological polar surface area (TPSA) is 52.3 Å². The summed E-state index contributed by atoms with van der Waals surface area (Å²) >= 11 is 0. The number of carbonyl (C=O) groups is 1. The number of anilines is 1. The molecule has 0 saturated heterocycles. The SMILES string of the molecule is CCCCCc1ccc(C(=O)OC)cc1N. The third kappa shape index (κ3) is 3.26. The molecule has 3 nitrogen and oxygen atoms in total. The summed E-state index contributed by atoms with van der Waals surface area (Å²) in [5.41, 5.74) is 8.19. The molecule has 0 amide bonds. The smallest absolute Gasteiger partial charge is 0.337 e. The van der Waals surface area contributed by atoms with Gasteiger partial charge in [-0.3, -0.25) is 0 Å². The van der Waals surface area contributed by atoms with Gasteiger partial charge in [0.1, 0.15) is 0 Å². The summed E-state index contributed by atoms with van der Waals surface area (Å²) in [5.74, 6) is -0.341. The fraction of sp³-hybridized carbons (Fsp3) is 0.462. The van der Waals surface area contributed by atoms with Crippen molar-refractivity contribution in [1.82, 2.24) is 0 Å². The number of rotatable bonds is 5. The number of ether oxygens (including phenoxy) is 1. The second kappa shape index (κ2) is 6.16. The van der Waals surface area contributed by atoms with E-state index < -0.39 is 0 Å². The molecule has 0 spiro atoms. The first-order valence-electron chi connectivity index (χ1n) is 5.65. The van der Waals surface area contributed by atoms with E-state index in [-0.39, 0.29) is 5.97 Å². The number of carbonyl (C=O) groups excluding carboxylic acids is 1. The highest BCUT2D eigenvalue weighted by Gasteiger charge is 2.07. The number of methoxy groups -OCH3 is 1. The molecule has 88 valence electrons. The Bertz CT molecular complexity index is 361. The minimum Gasteiger partial charge on any atom is -0.465 e. The fourth-order valence-corrected chi connectivity index (χ4v) is 1.63. The molecular formula is C13H19NO2. The first-order chi connectivity index (χ1) is 7.69. The number of unbranched alkanes of at least 4 members (excludes halogenated alkanes) is 2. The zero-order valence-electron chi connectivity index (χ0n) is 9.95. The highest BCUT2D eigenvalue weighted by Crippen LogP contribution is 2.17. The molecule has 2 N–H and O–H groups in total. The summed E-state index contributed by atoms with van der Waals surface area (Å²) in [5, 5.41) is 0. The van der Waals surface area contributed by atoms with Crippen LogP contribution in [0.15, 0.2) is 18.2 Å². The molecule has 0 fully saturated rings. The molecular weight excluding hydrogens is 202 g/mol. The van der Waals surface area contributed by atoms with Crippen LogP contribution in [0.2, 0.25) is 0 Å². The van der Waals surface area contributed by atoms with Crippen LogP contribution in [-0.4, -0.2) is 13.1 Å². The van der Waals surface area contributed by atoms with Crippen LogP contribution in [0.25, 0.3) is 0 Å². The van der Waals surface area contributed by atoms with Crippen molar-refractivity contribution in [2.75, 3.05) is 12.8 Å². The van der Waals surface area contributed by atoms with Crippen LogP contribution in [0.1, 0.15) is 42.1 Å². The molecule has 3 heteroatoms. The predicted molar refractivity (Wildman–Crippen MR) is 65.4 cm³/mol. The molecule has 0 aromatic heterocycles. The normalized spacial score (nSPS) is 10.1. The maximum absolute atomic E-state index is 11.3. The van der Waals surface area contributed by atoms with Crippen LogP contribution in [0, 0.1) is 0 Å². The van der Waals surface area contributed by atoms with Gasteiger partial charge in [0.25, 0.3) is 0 Å². The second-order valence-corrected chi connectivity index (χ2v) is 3.86. The first-order valence-corrected chi connectivity index (χ1v) is 5.65. The van der Waals surface area contributed by atoms with Gasteiger partial charge in [-0.1, -0.05) is 25.8 Å². The lowest BCUT2D eigenvalue weighted by Crippen LogP contribution is -2.03. The van der Waals surface area contributed by atoms with Crippen LogP contribution >= 0.6 is 0 Å². The zero-order chi connectivity index (χ0) is 12.0. The van der Waals surface area contributed by atoms with Gasteiger partial charge in [-0.2, -0.15) is 0 Å². The predicted octanol–water partition coefficient (Wildman–Crippen LogP) is 2.79. The summed E-state index contributed by atoms with van der Waals surface area (Å²) in [6.45, 7) is 2.17. The summed E-state index contributed by atoms with van der Waals surface area (Å²) in [6, 6.07) is 5.37. The molecule has 1 rings (SSSR count). The number of hydrogen-bond acceptors (Lipinski definition) is 3. The van der Waals surface area contributed by atoms with E-state index in [9.17, 15) is 4.79 Å². The molecule has 0 radical (unpaired) electrons. The Labute approximate surface area is 96.6 Å². The van der Waals surface area contributed by atoms with Gasteiger partial charge < -0.3 is 10.5 Å². The minimum atomic E-state index is -0.341. The van der Waals surface area contributed by atoms with Gasteiger partial charge in [0.05, 0.1) is 12.7 Å². The average Bonchev–Trinajstić information content (AvgIpc) is 2.30. The lowest BCUT2D eigenvalue weighted by molar-refractivity contribution is 0.0601. The van der Waals surface area contributed by atoms with Crippen LogP contribution in [0.4, 0.5) is 5.69 Å². The van der Waals surface area contributed by atoms with Crippen molar-refractivity contribution in [1.29, 1.82) is 0 Å². The number of hydrogen-bond donors (Lipinski definition) is 1. The van der Waals surface area contributed by atoms with Crippen molar-refractivity contribution in [3.63, 3.8) is 0 Å². The molecule has 0 aliphatic carbocycles. The van der Waals surface area contributed by atoms with Gasteiger partial charge in [0.15, 0.2) is 0 Å². The Morgan fingerprint density at radius 1 is 1.38 bits per heavy atom. The van der Waals surface area contributed by atoms with E-state index in [4.69, 9.17) is 5.73 Å². The van der Waals surface area contributed by atoms with Crippen LogP contribution < -0.4 is 5.73 Å². The van der Waals surface area contributed by atoms with E-state index in [0.29, 0.717) is 11.3 Å². The molecule has 0 aliphatic rings. The van der Waals surface area contributed by atoms with Crippen LogP contribution in [0.5, 0.6) is 0 Å². The van der Waals surface area contributed by atoms with E-state index in [1.807, 2.05) is 6.07 Å². The van der Waals surface area contributed by atoms with E-state index in [1.54, 1.807) is 12.1 Å². The molecule has 0 aliphatic heterocycles. The third-order valence-corrected chi connectivity index (χ3v) is 2.62. The van der Waals surface area contributed by atoms with E-state index >= 15 is 0 Å². The van der Waals surface area contributed by atoms with Crippen molar-refractivity contribution < 1.29 is 9.53 Å². The Morgan fingerprint density at radius 2 is 2.12 bits per heavy atom. The Kier molecular flexibility index (Phi) is 4.83. The average molecular weight is 221 g/mol. The van der Waals surface area contributed by atoms with Gasteiger partial charge >= 0.3 is 5.97 Å². The number of nitrogens with two attached hydrogens (primary N) is 1. The maximum Gasteiger partial charge on any atom is 0.337 e.